The van der Waals surface area contributed by atoms with Gasteiger partial charge in [0.2, 0.25) is 0 Å². The first kappa shape index (κ1) is 26.9. The van der Waals surface area contributed by atoms with Gasteiger partial charge in [-0.15, -0.1) is 0 Å². The van der Waals surface area contributed by atoms with Crippen LogP contribution >= 0.6 is 11.3 Å². The molecule has 0 bridgehead atoms. The predicted molar refractivity (Wildman–Crippen MR) is 134 cm³/mol. The summed E-state index contributed by atoms with van der Waals surface area (Å²) in [6.45, 7) is 11.6. The molecular weight excluding hydrogens is 470 g/mol. The Balaban J connectivity index is 0.000000509. The Hall–Kier alpha value is -2.69. The van der Waals surface area contributed by atoms with Crippen molar-refractivity contribution in [3.05, 3.63) is 40.4 Å². The minimum Gasteiger partial charge on any atom is -0.497 e. The number of amides is 1. The van der Waals surface area contributed by atoms with E-state index >= 15 is 0 Å². The summed E-state index contributed by atoms with van der Waals surface area (Å²) in [6.07, 6.45) is -0.307. The number of esters is 1. The molecular formula is C25H35N3O6S. The maximum absolute atomic E-state index is 13.1. The van der Waals surface area contributed by atoms with Crippen molar-refractivity contribution in [3.8, 4) is 5.75 Å². The van der Waals surface area contributed by atoms with Crippen molar-refractivity contribution in [1.29, 1.82) is 0 Å². The van der Waals surface area contributed by atoms with E-state index in [-0.39, 0.29) is 24.0 Å². The van der Waals surface area contributed by atoms with Gasteiger partial charge in [-0.2, -0.15) is 0 Å². The second-order valence-corrected chi connectivity index (χ2v) is 9.23. The lowest BCUT2D eigenvalue weighted by Gasteiger charge is -2.37. The molecule has 4 rings (SSSR count). The van der Waals surface area contributed by atoms with Crippen LogP contribution in [0.15, 0.2) is 24.3 Å². The average Bonchev–Trinajstić information content (AvgIpc) is 3.32. The SMILES string of the molecule is CCN(Cc1ccc(OC)cc1)c1nc2c(s1)C(=O)N(C1COCCO1)CC2C.CCOC(C)=O. The molecule has 2 unspecified atom stereocenters. The second kappa shape index (κ2) is 12.9. The predicted octanol–water partition coefficient (Wildman–Crippen LogP) is 3.68. The number of thiazole rings is 1. The largest absolute Gasteiger partial charge is 0.497 e. The van der Waals surface area contributed by atoms with Crippen molar-refractivity contribution >= 4 is 28.3 Å². The van der Waals surface area contributed by atoms with Gasteiger partial charge in [0.15, 0.2) is 11.4 Å². The van der Waals surface area contributed by atoms with Gasteiger partial charge < -0.3 is 28.7 Å². The number of ether oxygens (including phenoxy) is 4. The summed E-state index contributed by atoms with van der Waals surface area (Å²) in [4.78, 5) is 32.6. The van der Waals surface area contributed by atoms with E-state index in [1.54, 1.807) is 18.9 Å². The third-order valence-electron chi connectivity index (χ3n) is 5.71. The van der Waals surface area contributed by atoms with Crippen molar-refractivity contribution in [1.82, 2.24) is 9.88 Å². The number of hydrogen-bond donors (Lipinski definition) is 0. The van der Waals surface area contributed by atoms with Crippen LogP contribution in [0.3, 0.4) is 0 Å². The molecule has 2 aliphatic rings. The van der Waals surface area contributed by atoms with Gasteiger partial charge in [-0.3, -0.25) is 9.59 Å². The summed E-state index contributed by atoms with van der Waals surface area (Å²) in [5.74, 6) is 0.795. The van der Waals surface area contributed by atoms with E-state index in [9.17, 15) is 9.59 Å². The number of hydrogen-bond acceptors (Lipinski definition) is 9. The lowest BCUT2D eigenvalue weighted by atomic mass is 10.0. The molecule has 0 radical (unpaired) electrons. The standard InChI is InChI=1S/C21H27N3O4S.C4H8O2/c1-4-23(12-15-5-7-16(26-3)8-6-15)21-22-18-14(2)11-24(20(25)19(18)29-21)17-13-27-9-10-28-17;1-3-6-4(2)5/h5-8,14,17H,4,9-13H2,1-3H3;3H2,1-2H3. The van der Waals surface area contributed by atoms with E-state index in [0.29, 0.717) is 33.0 Å². The molecule has 9 nitrogen and oxygen atoms in total. The molecule has 0 N–H and O–H groups in total. The summed E-state index contributed by atoms with van der Waals surface area (Å²) < 4.78 is 20.9. The number of aromatic nitrogens is 1. The molecule has 1 amide bonds. The minimum atomic E-state index is -0.307. The van der Waals surface area contributed by atoms with Crippen LogP contribution in [0.4, 0.5) is 5.13 Å². The number of benzene rings is 1. The summed E-state index contributed by atoms with van der Waals surface area (Å²) >= 11 is 1.48. The Bertz CT molecular complexity index is 974. The molecule has 0 aliphatic carbocycles. The number of rotatable bonds is 7. The molecule has 35 heavy (non-hydrogen) atoms. The van der Waals surface area contributed by atoms with Crippen LogP contribution in [0, 0.1) is 0 Å². The zero-order valence-corrected chi connectivity index (χ0v) is 21.9. The molecule has 2 atom stereocenters. The second-order valence-electron chi connectivity index (χ2n) is 8.26. The van der Waals surface area contributed by atoms with Crippen LogP contribution in [-0.2, 0) is 25.5 Å². The molecule has 2 aromatic rings. The first-order valence-electron chi connectivity index (χ1n) is 11.9. The highest BCUT2D eigenvalue weighted by atomic mass is 32.1. The fourth-order valence-corrected chi connectivity index (χ4v) is 5.12. The molecule has 1 aromatic carbocycles. The molecule has 10 heteroatoms. The highest BCUT2D eigenvalue weighted by Gasteiger charge is 2.38. The fourth-order valence-electron chi connectivity index (χ4n) is 3.91. The number of carbonyl (C=O) groups excluding carboxylic acids is 2. The molecule has 1 fully saturated rings. The number of anilines is 1. The molecule has 0 saturated carbocycles. The van der Waals surface area contributed by atoms with Gasteiger partial charge in [0.25, 0.3) is 5.91 Å². The van der Waals surface area contributed by atoms with Crippen LogP contribution in [0.1, 0.15) is 54.5 Å². The van der Waals surface area contributed by atoms with Gasteiger partial charge in [-0.1, -0.05) is 30.4 Å². The first-order chi connectivity index (χ1) is 16.9. The van der Waals surface area contributed by atoms with Crippen molar-refractivity contribution < 1.29 is 28.5 Å². The molecule has 0 spiro atoms. The maximum Gasteiger partial charge on any atom is 0.302 e. The number of fused-ring (bicyclic) bond motifs is 1. The summed E-state index contributed by atoms with van der Waals surface area (Å²) in [7, 11) is 1.67. The average molecular weight is 506 g/mol. The topological polar surface area (TPSA) is 90.4 Å². The van der Waals surface area contributed by atoms with Crippen molar-refractivity contribution in [2.45, 2.75) is 46.4 Å². The molecule has 1 saturated heterocycles. The smallest absolute Gasteiger partial charge is 0.302 e. The first-order valence-corrected chi connectivity index (χ1v) is 12.7. The van der Waals surface area contributed by atoms with Crippen molar-refractivity contribution in [2.24, 2.45) is 0 Å². The van der Waals surface area contributed by atoms with Gasteiger partial charge in [0.1, 0.15) is 10.6 Å². The van der Waals surface area contributed by atoms with Crippen molar-refractivity contribution in [2.75, 3.05) is 51.5 Å². The summed E-state index contributed by atoms with van der Waals surface area (Å²) in [6, 6.07) is 8.05. The van der Waals surface area contributed by atoms with E-state index < -0.39 is 0 Å². The zero-order chi connectivity index (χ0) is 25.4. The number of nitrogens with zero attached hydrogens (tertiary/aromatic N) is 3. The van der Waals surface area contributed by atoms with Gasteiger partial charge >= 0.3 is 5.97 Å². The van der Waals surface area contributed by atoms with E-state index in [2.05, 4.69) is 35.6 Å². The van der Waals surface area contributed by atoms with Gasteiger partial charge in [-0.25, -0.2) is 4.98 Å². The molecule has 1 aromatic heterocycles. The Kier molecular flexibility index (Phi) is 9.88. The monoisotopic (exact) mass is 505 g/mol. The van der Waals surface area contributed by atoms with Gasteiger partial charge in [0, 0.05) is 32.5 Å². The lowest BCUT2D eigenvalue weighted by Crippen LogP contribution is -2.50. The van der Waals surface area contributed by atoms with Crippen LogP contribution in [0.25, 0.3) is 0 Å². The number of carbonyl (C=O) groups is 2. The third kappa shape index (κ3) is 6.93. The molecule has 192 valence electrons. The summed E-state index contributed by atoms with van der Waals surface area (Å²) in [5.41, 5.74) is 2.07. The van der Waals surface area contributed by atoms with Crippen LogP contribution < -0.4 is 9.64 Å². The van der Waals surface area contributed by atoms with E-state index in [1.165, 1.54) is 23.8 Å². The zero-order valence-electron chi connectivity index (χ0n) is 21.1. The van der Waals surface area contributed by atoms with E-state index in [0.717, 1.165) is 34.5 Å². The fraction of sp³-hybridized carbons (Fsp3) is 0.560. The molecule has 2 aliphatic heterocycles. The van der Waals surface area contributed by atoms with Crippen LogP contribution in [-0.4, -0.2) is 74.6 Å². The minimum absolute atomic E-state index is 0.00199. The maximum atomic E-state index is 13.1. The Labute approximate surface area is 210 Å². The van der Waals surface area contributed by atoms with E-state index in [1.807, 2.05) is 12.1 Å². The normalized spacial score (nSPS) is 19.3. The van der Waals surface area contributed by atoms with Gasteiger partial charge in [0.05, 0.1) is 39.2 Å². The lowest BCUT2D eigenvalue weighted by molar-refractivity contribution is -0.143. The Morgan fingerprint density at radius 1 is 1.26 bits per heavy atom. The molecule has 3 heterocycles. The third-order valence-corrected chi connectivity index (χ3v) is 6.83. The quantitative estimate of drug-likeness (QED) is 0.527. The Morgan fingerprint density at radius 3 is 2.54 bits per heavy atom. The summed E-state index contributed by atoms with van der Waals surface area (Å²) in [5, 5.41) is 0.885. The van der Waals surface area contributed by atoms with E-state index in [4.69, 9.17) is 19.2 Å². The van der Waals surface area contributed by atoms with Gasteiger partial charge in [-0.05, 0) is 31.5 Å². The highest BCUT2D eigenvalue weighted by Crippen LogP contribution is 2.37. The van der Waals surface area contributed by atoms with Crippen molar-refractivity contribution in [3.63, 3.8) is 0 Å². The number of methoxy groups -OCH3 is 1. The van der Waals surface area contributed by atoms with Crippen LogP contribution in [0.2, 0.25) is 0 Å². The van der Waals surface area contributed by atoms with Crippen LogP contribution in [0.5, 0.6) is 5.75 Å². The highest BCUT2D eigenvalue weighted by molar-refractivity contribution is 7.17. The Morgan fingerprint density at radius 2 is 2.00 bits per heavy atom.